The Labute approximate surface area is 462 Å². The van der Waals surface area contributed by atoms with Crippen LogP contribution in [0.15, 0.2) is 59.7 Å². The number of ether oxygens (including phenoxy) is 2. The quantitative estimate of drug-likeness (QED) is 0.0589. The number of hydrogen-bond acceptors (Lipinski definition) is 15. The standard InChI is InChI=1S/C59H77FN10O7S/c1-37-12-14-41(15-13-37)55(73)49-36-78-57(64-49)51-11-8-22-69(51)59(75)46(33-53(72)38(2)62-4)40-18-24-67(25-19-40)26-28-77-30-29-76-27-20-44(71)9-6-23-70-39(3)54-42-31-52(56(61)63-34-42)68-21-7-10-50(68)47-32-43(60)16-17-45(47)58(74)66(5)35-48(54)65-70/h12-17,31-32,34,38,40,46,49-51,62H,6-11,18-30,33,35-36H2,1-5H3,(H2,61,63)/t38-,46-,49?,50-,51-/m1/s1. The van der Waals surface area contributed by atoms with Crippen molar-refractivity contribution in [3.05, 3.63) is 94.2 Å². The topological polar surface area (TPSA) is 198 Å². The third kappa shape index (κ3) is 13.1. The summed E-state index contributed by atoms with van der Waals surface area (Å²) in [6.45, 7) is 11.9. The fourth-order valence-corrected chi connectivity index (χ4v) is 13.2. The first-order valence-corrected chi connectivity index (χ1v) is 29.0. The van der Waals surface area contributed by atoms with Crippen LogP contribution < -0.4 is 16.0 Å². The van der Waals surface area contributed by atoms with Crippen molar-refractivity contribution in [3.63, 3.8) is 0 Å². The van der Waals surface area contributed by atoms with Gasteiger partial charge in [-0.1, -0.05) is 29.8 Å². The van der Waals surface area contributed by atoms with Gasteiger partial charge in [-0.3, -0.25) is 33.6 Å². The number of anilines is 2. The summed E-state index contributed by atoms with van der Waals surface area (Å²) >= 11 is 1.59. The van der Waals surface area contributed by atoms with E-state index in [0.29, 0.717) is 99.3 Å². The van der Waals surface area contributed by atoms with Crippen molar-refractivity contribution in [3.8, 4) is 11.1 Å². The van der Waals surface area contributed by atoms with Crippen molar-refractivity contribution >= 4 is 57.5 Å². The third-order valence-corrected chi connectivity index (χ3v) is 17.8. The minimum atomic E-state index is -0.461. The van der Waals surface area contributed by atoms with Gasteiger partial charge in [0.2, 0.25) is 5.91 Å². The predicted octanol–water partition coefficient (Wildman–Crippen LogP) is 7.27. The molecule has 17 nitrogen and oxygen atoms in total. The van der Waals surface area contributed by atoms with Gasteiger partial charge in [-0.25, -0.2) is 9.37 Å². The monoisotopic (exact) mass is 1090 g/mol. The number of ketones is 3. The highest BCUT2D eigenvalue weighted by Crippen LogP contribution is 2.43. The number of amides is 2. The van der Waals surface area contributed by atoms with Crippen LogP contribution in [0.25, 0.3) is 11.1 Å². The first kappa shape index (κ1) is 56.8. The molecule has 0 spiro atoms. The number of pyridine rings is 1. The summed E-state index contributed by atoms with van der Waals surface area (Å²) in [5.41, 5.74) is 13.4. The average Bonchev–Trinajstić information content (AvgIpc) is 4.38. The fourth-order valence-electron chi connectivity index (χ4n) is 12.0. The summed E-state index contributed by atoms with van der Waals surface area (Å²) in [6.07, 6.45) is 8.06. The zero-order chi connectivity index (χ0) is 55.0. The molecule has 5 aliphatic heterocycles. The van der Waals surface area contributed by atoms with E-state index in [1.807, 2.05) is 60.7 Å². The lowest BCUT2D eigenvalue weighted by Gasteiger charge is -2.38. The molecule has 1 unspecified atom stereocenters. The van der Waals surface area contributed by atoms with Crippen molar-refractivity contribution in [1.29, 1.82) is 0 Å². The molecule has 3 N–H and O–H groups in total. The molecule has 0 radical (unpaired) electrons. The Bertz CT molecular complexity index is 2850. The first-order valence-electron chi connectivity index (χ1n) is 28.0. The molecule has 0 saturated carbocycles. The molecule has 7 heterocycles. The van der Waals surface area contributed by atoms with Gasteiger partial charge in [-0.05, 0) is 122 Å². The molecule has 4 aromatic rings. The summed E-state index contributed by atoms with van der Waals surface area (Å²) in [5, 5.41) is 8.91. The summed E-state index contributed by atoms with van der Waals surface area (Å²) < 4.78 is 28.4. The molecule has 19 heteroatoms. The van der Waals surface area contributed by atoms with Gasteiger partial charge in [0.05, 0.1) is 67.5 Å². The Morgan fingerprint density at radius 3 is 2.41 bits per heavy atom. The molecular formula is C59H77FN10O7S. The lowest BCUT2D eigenvalue weighted by Crippen LogP contribution is -2.48. The maximum Gasteiger partial charge on any atom is 0.254 e. The Kier molecular flexibility index (Phi) is 18.9. The van der Waals surface area contributed by atoms with Gasteiger partial charge in [0.15, 0.2) is 5.78 Å². The molecule has 5 aliphatic rings. The van der Waals surface area contributed by atoms with Crippen LogP contribution in [0, 0.1) is 31.5 Å². The molecule has 2 aromatic heterocycles. The van der Waals surface area contributed by atoms with Gasteiger partial charge >= 0.3 is 0 Å². The fraction of sp³-hybridized carbons (Fsp3) is 0.559. The van der Waals surface area contributed by atoms with Gasteiger partial charge in [-0.15, -0.1) is 11.8 Å². The van der Waals surface area contributed by atoms with E-state index in [9.17, 15) is 28.4 Å². The molecule has 0 aliphatic carbocycles. The number of nitrogen functional groups attached to an aromatic ring is 1. The molecule has 78 heavy (non-hydrogen) atoms. The van der Waals surface area contributed by atoms with E-state index in [0.717, 1.165) is 91.3 Å². The lowest BCUT2D eigenvalue weighted by molar-refractivity contribution is -0.141. The molecule has 418 valence electrons. The number of fused-ring (bicyclic) bond motifs is 8. The highest BCUT2D eigenvalue weighted by atomic mass is 32.2. The second-order valence-corrected chi connectivity index (χ2v) is 22.8. The number of likely N-dealkylation sites (N-methyl/N-ethyl adjacent to an activating group) is 1. The summed E-state index contributed by atoms with van der Waals surface area (Å²) in [4.78, 5) is 86.0. The van der Waals surface area contributed by atoms with Gasteiger partial charge in [-0.2, -0.15) is 5.10 Å². The molecule has 3 fully saturated rings. The maximum absolute atomic E-state index is 14.7. The molecule has 9 rings (SSSR count). The van der Waals surface area contributed by atoms with Crippen LogP contribution in [0.5, 0.6) is 0 Å². The van der Waals surface area contributed by atoms with Crippen LogP contribution in [0.2, 0.25) is 0 Å². The minimum Gasteiger partial charge on any atom is -0.382 e. The van der Waals surface area contributed by atoms with Crippen molar-refractivity contribution in [2.24, 2.45) is 16.8 Å². The number of Topliss-reactive ketones (excluding diaryl/α,β-unsaturated/α-hetero) is 3. The second kappa shape index (κ2) is 25.9. The smallest absolute Gasteiger partial charge is 0.254 e. The number of likely N-dealkylation sites (tertiary alicyclic amines) is 2. The van der Waals surface area contributed by atoms with Crippen LogP contribution >= 0.6 is 11.8 Å². The van der Waals surface area contributed by atoms with Crippen molar-refractivity contribution in [2.45, 2.75) is 122 Å². The van der Waals surface area contributed by atoms with E-state index >= 15 is 0 Å². The van der Waals surface area contributed by atoms with Crippen molar-refractivity contribution in [1.82, 2.24) is 34.8 Å². The Morgan fingerprint density at radius 2 is 1.64 bits per heavy atom. The van der Waals surface area contributed by atoms with Crippen LogP contribution in [0.4, 0.5) is 15.9 Å². The average molecular weight is 1090 g/mol. The van der Waals surface area contributed by atoms with Crippen LogP contribution in [0.3, 0.4) is 0 Å². The first-order chi connectivity index (χ1) is 37.7. The Morgan fingerprint density at radius 1 is 0.897 bits per heavy atom. The van der Waals surface area contributed by atoms with E-state index < -0.39 is 17.8 Å². The zero-order valence-electron chi connectivity index (χ0n) is 46.0. The highest BCUT2D eigenvalue weighted by molar-refractivity contribution is 8.14. The maximum atomic E-state index is 14.7. The number of thioether (sulfide) groups is 1. The Hall–Kier alpha value is -5.86. The molecule has 2 aromatic carbocycles. The van der Waals surface area contributed by atoms with Gasteiger partial charge < -0.3 is 40.1 Å². The summed E-state index contributed by atoms with van der Waals surface area (Å²) in [6, 6.07) is 12.8. The van der Waals surface area contributed by atoms with Gasteiger partial charge in [0, 0.05) is 98.3 Å². The number of hydrogen-bond donors (Lipinski definition) is 2. The number of aliphatic imine (C=N–C) groups is 1. The summed E-state index contributed by atoms with van der Waals surface area (Å²) in [7, 11) is 3.51. The number of aromatic nitrogens is 3. The third-order valence-electron chi connectivity index (χ3n) is 16.6. The van der Waals surface area contributed by atoms with Crippen molar-refractivity contribution < 1.29 is 37.8 Å². The second-order valence-electron chi connectivity index (χ2n) is 21.8. The van der Waals surface area contributed by atoms with Crippen LogP contribution in [-0.4, -0.2) is 161 Å². The van der Waals surface area contributed by atoms with Crippen molar-refractivity contribution in [2.75, 3.05) is 89.6 Å². The summed E-state index contributed by atoms with van der Waals surface area (Å²) in [5.74, 6) is 0.164. The van der Waals surface area contributed by atoms with Gasteiger partial charge in [0.25, 0.3) is 5.91 Å². The van der Waals surface area contributed by atoms with Crippen LogP contribution in [-0.2, 0) is 36.9 Å². The molecular weight excluding hydrogens is 1010 g/mol. The number of nitrogens with one attached hydrogen (secondary N) is 1. The normalized spacial score (nSPS) is 20.6. The number of nitrogens with zero attached hydrogens (tertiary/aromatic N) is 8. The number of nitrogens with two attached hydrogens (primary N) is 1. The number of halogens is 1. The van der Waals surface area contributed by atoms with E-state index in [-0.39, 0.29) is 66.2 Å². The number of carbonyl (C=O) groups is 5. The number of rotatable bonds is 22. The van der Waals surface area contributed by atoms with Gasteiger partial charge in [0.1, 0.15) is 29.2 Å². The van der Waals surface area contributed by atoms with E-state index in [1.165, 1.54) is 12.1 Å². The molecule has 5 atom stereocenters. The zero-order valence-corrected chi connectivity index (χ0v) is 46.8. The number of carbonyl (C=O) groups excluding carboxylic acids is 5. The highest BCUT2D eigenvalue weighted by Gasteiger charge is 2.43. The SMILES string of the molecule is CN[C@H](C)C(=O)C[C@@H](C(=O)N1CCC[C@@H]1C1=NC(C(=O)c2ccc(C)cc2)CS1)C1CCN(CCOCCOCCC(=O)CCCn2nc3c(c2C)-c2cnc(N)c(c2)N2CCC[C@@H]2c2cc(F)ccc2C(=O)N(C)C3)CC1. The van der Waals surface area contributed by atoms with E-state index in [2.05, 4.69) is 20.1 Å². The Balaban J connectivity index is 0.702. The lowest BCUT2D eigenvalue weighted by atomic mass is 9.79. The number of benzene rings is 2. The van der Waals surface area contributed by atoms with Crippen LogP contribution in [0.1, 0.15) is 120 Å². The minimum absolute atomic E-state index is 0.00834. The predicted molar refractivity (Wildman–Crippen MR) is 301 cm³/mol. The number of piperidine rings is 1. The molecule has 3 saturated heterocycles. The largest absolute Gasteiger partial charge is 0.382 e. The number of aryl methyl sites for hydroxylation is 2. The van der Waals surface area contributed by atoms with E-state index in [4.69, 9.17) is 25.3 Å². The molecule has 2 amide bonds. The molecule has 2 bridgehead atoms. The van der Waals surface area contributed by atoms with E-state index in [1.54, 1.807) is 43.0 Å².